The lowest BCUT2D eigenvalue weighted by Crippen LogP contribution is -2.28. The zero-order valence-electron chi connectivity index (χ0n) is 16.3. The third kappa shape index (κ3) is 4.67. The van der Waals surface area contributed by atoms with Crippen molar-refractivity contribution in [3.8, 4) is 5.75 Å². The summed E-state index contributed by atoms with van der Waals surface area (Å²) in [6.45, 7) is 3.93. The number of hydrogen-bond acceptors (Lipinski definition) is 4. The number of benzene rings is 2. The Morgan fingerprint density at radius 1 is 1.19 bits per heavy atom. The predicted molar refractivity (Wildman–Crippen MR) is 106 cm³/mol. The summed E-state index contributed by atoms with van der Waals surface area (Å²) in [5.74, 6) is 0.479. The molecule has 0 radical (unpaired) electrons. The maximum atomic E-state index is 12.7. The van der Waals surface area contributed by atoms with Gasteiger partial charge >= 0.3 is 0 Å². The van der Waals surface area contributed by atoms with Gasteiger partial charge in [0.05, 0.1) is 18.0 Å². The number of sulfonamides is 1. The molecule has 0 unspecified atom stereocenters. The van der Waals surface area contributed by atoms with Gasteiger partial charge in [0.2, 0.25) is 10.0 Å². The Bertz CT molecular complexity index is 923. The molecule has 0 bridgehead atoms. The SMILES string of the molecule is CC[C@H](NC(=O)c1cccc(S(=O)(=O)N(C)C)c1)c1ccc(OC)c(C)c1. The highest BCUT2D eigenvalue weighted by molar-refractivity contribution is 7.89. The van der Waals surface area contributed by atoms with Gasteiger partial charge in [-0.15, -0.1) is 0 Å². The first-order valence-corrected chi connectivity index (χ1v) is 10.1. The van der Waals surface area contributed by atoms with Crippen molar-refractivity contribution in [2.24, 2.45) is 0 Å². The quantitative estimate of drug-likeness (QED) is 0.788. The van der Waals surface area contributed by atoms with Crippen molar-refractivity contribution in [3.63, 3.8) is 0 Å². The molecule has 1 N–H and O–H groups in total. The first kappa shape index (κ1) is 20.9. The van der Waals surface area contributed by atoms with Crippen molar-refractivity contribution in [2.45, 2.75) is 31.2 Å². The van der Waals surface area contributed by atoms with Gasteiger partial charge in [0.1, 0.15) is 5.75 Å². The third-order valence-electron chi connectivity index (χ3n) is 4.41. The minimum absolute atomic E-state index is 0.0912. The van der Waals surface area contributed by atoms with Crippen LogP contribution in [0.15, 0.2) is 47.4 Å². The summed E-state index contributed by atoms with van der Waals surface area (Å²) in [5, 5.41) is 2.98. The van der Waals surface area contributed by atoms with Crippen molar-refractivity contribution in [3.05, 3.63) is 59.2 Å². The van der Waals surface area contributed by atoms with Gasteiger partial charge in [-0.3, -0.25) is 4.79 Å². The zero-order valence-corrected chi connectivity index (χ0v) is 17.1. The summed E-state index contributed by atoms with van der Waals surface area (Å²) in [4.78, 5) is 12.8. The van der Waals surface area contributed by atoms with Gasteiger partial charge in [-0.25, -0.2) is 12.7 Å². The average Bonchev–Trinajstić information content (AvgIpc) is 2.65. The zero-order chi connectivity index (χ0) is 20.2. The molecule has 0 heterocycles. The second-order valence-corrected chi connectivity index (χ2v) is 8.63. The maximum Gasteiger partial charge on any atom is 0.251 e. The van der Waals surface area contributed by atoms with E-state index in [0.29, 0.717) is 12.0 Å². The van der Waals surface area contributed by atoms with E-state index >= 15 is 0 Å². The Labute approximate surface area is 161 Å². The van der Waals surface area contributed by atoms with E-state index in [9.17, 15) is 13.2 Å². The van der Waals surface area contributed by atoms with E-state index < -0.39 is 10.0 Å². The summed E-state index contributed by atoms with van der Waals surface area (Å²) in [6, 6.07) is 11.7. The number of nitrogens with zero attached hydrogens (tertiary/aromatic N) is 1. The van der Waals surface area contributed by atoms with Crippen LogP contribution in [0.5, 0.6) is 5.75 Å². The maximum absolute atomic E-state index is 12.7. The smallest absolute Gasteiger partial charge is 0.251 e. The fourth-order valence-corrected chi connectivity index (χ4v) is 3.74. The van der Waals surface area contributed by atoms with Gasteiger partial charge in [0.15, 0.2) is 0 Å². The third-order valence-corrected chi connectivity index (χ3v) is 6.22. The van der Waals surface area contributed by atoms with Crippen LogP contribution in [-0.4, -0.2) is 39.8 Å². The molecule has 7 heteroatoms. The van der Waals surface area contributed by atoms with E-state index in [1.165, 1.54) is 26.2 Å². The number of hydrogen-bond donors (Lipinski definition) is 1. The van der Waals surface area contributed by atoms with Crippen LogP contribution in [-0.2, 0) is 10.0 Å². The molecule has 2 aromatic rings. The van der Waals surface area contributed by atoms with Crippen molar-refractivity contribution in [1.29, 1.82) is 0 Å². The van der Waals surface area contributed by atoms with Crippen molar-refractivity contribution in [2.75, 3.05) is 21.2 Å². The number of nitrogens with one attached hydrogen (secondary N) is 1. The molecule has 6 nitrogen and oxygen atoms in total. The van der Waals surface area contributed by atoms with Gasteiger partial charge in [-0.2, -0.15) is 0 Å². The summed E-state index contributed by atoms with van der Waals surface area (Å²) >= 11 is 0. The number of carbonyl (C=O) groups excluding carboxylic acids is 1. The molecule has 0 aliphatic heterocycles. The van der Waals surface area contributed by atoms with Crippen LogP contribution < -0.4 is 10.1 Å². The fourth-order valence-electron chi connectivity index (χ4n) is 2.79. The molecule has 146 valence electrons. The normalized spacial score (nSPS) is 12.7. The van der Waals surface area contributed by atoms with Gasteiger partial charge in [0, 0.05) is 19.7 Å². The van der Waals surface area contributed by atoms with Gasteiger partial charge in [-0.05, 0) is 48.7 Å². The number of amides is 1. The standard InChI is InChI=1S/C20H26N2O4S/c1-6-18(15-10-11-19(26-5)14(2)12-15)21-20(23)16-8-7-9-17(13-16)27(24,25)22(3)4/h7-13,18H,6H2,1-5H3,(H,21,23)/t18-/m0/s1. The van der Waals surface area contributed by atoms with Crippen molar-refractivity contribution in [1.82, 2.24) is 9.62 Å². The molecular formula is C20H26N2O4S. The lowest BCUT2D eigenvalue weighted by molar-refractivity contribution is 0.0935. The van der Waals surface area contributed by atoms with E-state index in [0.717, 1.165) is 21.2 Å². The summed E-state index contributed by atoms with van der Waals surface area (Å²) in [6.07, 6.45) is 0.702. The minimum Gasteiger partial charge on any atom is -0.496 e. The van der Waals surface area contributed by atoms with Crippen LogP contribution in [0.1, 0.15) is 40.9 Å². The first-order valence-electron chi connectivity index (χ1n) is 8.68. The molecule has 27 heavy (non-hydrogen) atoms. The van der Waals surface area contributed by atoms with Crippen molar-refractivity contribution < 1.29 is 17.9 Å². The number of methoxy groups -OCH3 is 1. The molecule has 0 saturated heterocycles. The van der Waals surface area contributed by atoms with Crippen LogP contribution in [0.25, 0.3) is 0 Å². The van der Waals surface area contributed by atoms with E-state index in [1.807, 2.05) is 32.0 Å². The summed E-state index contributed by atoms with van der Waals surface area (Å²) in [7, 11) is 0.947. The Hall–Kier alpha value is -2.38. The average molecular weight is 391 g/mol. The van der Waals surface area contributed by atoms with Crippen LogP contribution in [0, 0.1) is 6.92 Å². The molecule has 0 fully saturated rings. The van der Waals surface area contributed by atoms with Crippen LogP contribution in [0.2, 0.25) is 0 Å². The predicted octanol–water partition coefficient (Wildman–Crippen LogP) is 3.14. The molecule has 2 aromatic carbocycles. The molecule has 0 aliphatic rings. The van der Waals surface area contributed by atoms with Gasteiger partial charge in [-0.1, -0.05) is 25.1 Å². The van der Waals surface area contributed by atoms with E-state index in [-0.39, 0.29) is 16.8 Å². The van der Waals surface area contributed by atoms with Crippen LogP contribution in [0.4, 0.5) is 0 Å². The van der Waals surface area contributed by atoms with Crippen LogP contribution in [0.3, 0.4) is 0 Å². The molecular weight excluding hydrogens is 364 g/mol. The molecule has 0 aromatic heterocycles. The second-order valence-electron chi connectivity index (χ2n) is 6.48. The highest BCUT2D eigenvalue weighted by atomic mass is 32.2. The Balaban J connectivity index is 2.26. The molecule has 0 saturated carbocycles. The number of carbonyl (C=O) groups is 1. The first-order chi connectivity index (χ1) is 12.7. The molecule has 1 atom stereocenters. The van der Waals surface area contributed by atoms with E-state index in [2.05, 4.69) is 5.32 Å². The van der Waals surface area contributed by atoms with E-state index in [1.54, 1.807) is 19.2 Å². The second kappa shape index (κ2) is 8.54. The largest absolute Gasteiger partial charge is 0.496 e. The monoisotopic (exact) mass is 390 g/mol. The number of aryl methyl sites for hydroxylation is 1. The molecule has 2 rings (SSSR count). The van der Waals surface area contributed by atoms with Gasteiger partial charge in [0.25, 0.3) is 5.91 Å². The highest BCUT2D eigenvalue weighted by Gasteiger charge is 2.20. The Morgan fingerprint density at radius 3 is 2.44 bits per heavy atom. The minimum atomic E-state index is -3.59. The molecule has 1 amide bonds. The molecule has 0 aliphatic carbocycles. The van der Waals surface area contributed by atoms with Crippen molar-refractivity contribution >= 4 is 15.9 Å². The van der Waals surface area contributed by atoms with E-state index in [4.69, 9.17) is 4.74 Å². The summed E-state index contributed by atoms with van der Waals surface area (Å²) in [5.41, 5.74) is 2.27. The lowest BCUT2D eigenvalue weighted by Gasteiger charge is -2.19. The van der Waals surface area contributed by atoms with Crippen LogP contribution >= 0.6 is 0 Å². The fraction of sp³-hybridized carbons (Fsp3) is 0.350. The van der Waals surface area contributed by atoms with Gasteiger partial charge < -0.3 is 10.1 Å². The number of ether oxygens (including phenoxy) is 1. The summed E-state index contributed by atoms with van der Waals surface area (Å²) < 4.78 is 31.0. The topological polar surface area (TPSA) is 75.7 Å². The highest BCUT2D eigenvalue weighted by Crippen LogP contribution is 2.25. The molecule has 0 spiro atoms. The lowest BCUT2D eigenvalue weighted by atomic mass is 10.0. The Morgan fingerprint density at radius 2 is 1.89 bits per heavy atom. The number of rotatable bonds is 7. The Kier molecular flexibility index (Phi) is 6.62.